The van der Waals surface area contributed by atoms with Crippen molar-refractivity contribution in [1.82, 2.24) is 30.5 Å². The second-order valence-electron chi connectivity index (χ2n) is 8.91. The molecule has 3 aromatic rings. The Bertz CT molecular complexity index is 1360. The molecular weight excluding hydrogens is 537 g/mol. The van der Waals surface area contributed by atoms with Crippen LogP contribution in [0.2, 0.25) is 10.2 Å². The van der Waals surface area contributed by atoms with E-state index < -0.39 is 17.9 Å². The summed E-state index contributed by atoms with van der Waals surface area (Å²) in [6.45, 7) is 7.70. The molecule has 3 N–H and O–H groups in total. The molecule has 10 nitrogen and oxygen atoms in total. The average molecular weight is 562 g/mol. The molecule has 1 unspecified atom stereocenters. The quantitative estimate of drug-likeness (QED) is 0.287. The fourth-order valence-electron chi connectivity index (χ4n) is 2.99. The maximum Gasteiger partial charge on any atom is 0.272 e. The molecule has 3 rings (SSSR count). The monoisotopic (exact) mass is 561 g/mol. The highest BCUT2D eigenvalue weighted by Gasteiger charge is 2.23. The third-order valence-electron chi connectivity index (χ3n) is 4.94. The Balaban J connectivity index is 1.68. The van der Waals surface area contributed by atoms with Gasteiger partial charge in [-0.05, 0) is 30.7 Å². The third-order valence-corrected chi connectivity index (χ3v) is 6.75. The maximum atomic E-state index is 12.8. The summed E-state index contributed by atoms with van der Waals surface area (Å²) in [4.78, 5) is 38.1. The molecule has 0 aromatic carbocycles. The summed E-state index contributed by atoms with van der Waals surface area (Å²) in [5.41, 5.74) is 0.668. The van der Waals surface area contributed by atoms with Crippen LogP contribution in [0.25, 0.3) is 0 Å². The molecule has 3 heterocycles. The first-order valence-electron chi connectivity index (χ1n) is 11.2. The molecule has 1 atom stereocenters. The second kappa shape index (κ2) is 12.4. The number of carbonyl (C=O) groups is 2. The number of halogens is 2. The van der Waals surface area contributed by atoms with Crippen LogP contribution in [0.4, 0.5) is 5.82 Å². The van der Waals surface area contributed by atoms with E-state index in [-0.39, 0.29) is 39.4 Å². The van der Waals surface area contributed by atoms with E-state index >= 15 is 0 Å². The van der Waals surface area contributed by atoms with Gasteiger partial charge in [-0.25, -0.2) is 15.0 Å². The lowest BCUT2D eigenvalue weighted by Gasteiger charge is -2.20. The van der Waals surface area contributed by atoms with Gasteiger partial charge < -0.3 is 15.7 Å². The summed E-state index contributed by atoms with van der Waals surface area (Å²) in [5, 5.41) is 23.0. The highest BCUT2D eigenvalue weighted by Crippen LogP contribution is 2.29. The average Bonchev–Trinajstić information content (AvgIpc) is 3.34. The fourth-order valence-corrected chi connectivity index (χ4v) is 4.41. The van der Waals surface area contributed by atoms with Crippen molar-refractivity contribution in [3.63, 3.8) is 0 Å². The van der Waals surface area contributed by atoms with E-state index in [9.17, 15) is 9.59 Å². The molecule has 3 aromatic heterocycles. The zero-order chi connectivity index (χ0) is 27.2. The molecule has 0 spiro atoms. The first kappa shape index (κ1) is 28.4. The van der Waals surface area contributed by atoms with E-state index in [1.807, 2.05) is 20.8 Å². The lowest BCUT2D eigenvalue weighted by atomic mass is 9.88. The van der Waals surface area contributed by atoms with Crippen molar-refractivity contribution in [2.75, 3.05) is 11.9 Å². The molecular formula is C24H25Cl2N7O3S. The predicted octanol–water partition coefficient (Wildman–Crippen LogP) is 4.19. The van der Waals surface area contributed by atoms with Gasteiger partial charge in [-0.2, -0.15) is 0 Å². The lowest BCUT2D eigenvalue weighted by Crippen LogP contribution is -2.28. The van der Waals surface area contributed by atoms with Gasteiger partial charge in [0.05, 0.1) is 12.2 Å². The van der Waals surface area contributed by atoms with E-state index in [1.165, 1.54) is 12.5 Å². The summed E-state index contributed by atoms with van der Waals surface area (Å²) in [5.74, 6) is 4.94. The number of unbranched alkanes of at least 4 members (excludes halogenated alkanes) is 1. The SMILES string of the molecule is CC(NC(=O)c1ncnc(C#CCCCO)c1Cl)c1ncc(C(=O)Nc2cc(C(C)(C)C)c(Cl)nn2)s1. The Labute approximate surface area is 228 Å². The number of thiazole rings is 1. The first-order chi connectivity index (χ1) is 17.5. The van der Waals surface area contributed by atoms with Crippen molar-refractivity contribution in [1.29, 1.82) is 0 Å². The number of hydrogen-bond acceptors (Lipinski definition) is 9. The molecule has 37 heavy (non-hydrogen) atoms. The molecule has 0 saturated carbocycles. The van der Waals surface area contributed by atoms with Crippen molar-refractivity contribution >= 4 is 52.2 Å². The Morgan fingerprint density at radius 3 is 2.62 bits per heavy atom. The topological polar surface area (TPSA) is 143 Å². The molecule has 0 saturated heterocycles. The minimum Gasteiger partial charge on any atom is -0.396 e. The van der Waals surface area contributed by atoms with Gasteiger partial charge in [-0.3, -0.25) is 9.59 Å². The minimum absolute atomic E-state index is 0.0273. The normalized spacial score (nSPS) is 11.9. The van der Waals surface area contributed by atoms with Crippen LogP contribution in [-0.4, -0.2) is 48.7 Å². The van der Waals surface area contributed by atoms with Gasteiger partial charge in [0.25, 0.3) is 11.8 Å². The van der Waals surface area contributed by atoms with Crippen LogP contribution in [0.5, 0.6) is 0 Å². The van der Waals surface area contributed by atoms with Crippen LogP contribution in [-0.2, 0) is 5.41 Å². The largest absolute Gasteiger partial charge is 0.396 e. The van der Waals surface area contributed by atoms with E-state index in [2.05, 4.69) is 47.6 Å². The Morgan fingerprint density at radius 2 is 1.92 bits per heavy atom. The van der Waals surface area contributed by atoms with Crippen LogP contribution in [0.1, 0.15) is 83.0 Å². The molecule has 0 aliphatic heterocycles. The maximum absolute atomic E-state index is 12.8. The van der Waals surface area contributed by atoms with Gasteiger partial charge >= 0.3 is 0 Å². The minimum atomic E-state index is -0.536. The summed E-state index contributed by atoms with van der Waals surface area (Å²) in [6.07, 6.45) is 3.62. The van der Waals surface area contributed by atoms with Crippen molar-refractivity contribution in [2.45, 2.75) is 52.0 Å². The first-order valence-corrected chi connectivity index (χ1v) is 12.8. The van der Waals surface area contributed by atoms with E-state index in [1.54, 1.807) is 13.0 Å². The van der Waals surface area contributed by atoms with Crippen LogP contribution in [0.3, 0.4) is 0 Å². The number of anilines is 1. The number of nitrogens with zero attached hydrogens (tertiary/aromatic N) is 5. The summed E-state index contributed by atoms with van der Waals surface area (Å²) in [7, 11) is 0. The number of nitrogens with one attached hydrogen (secondary N) is 2. The highest BCUT2D eigenvalue weighted by molar-refractivity contribution is 7.13. The fraction of sp³-hybridized carbons (Fsp3) is 0.375. The van der Waals surface area contributed by atoms with Crippen molar-refractivity contribution in [3.05, 3.63) is 55.6 Å². The Morgan fingerprint density at radius 1 is 1.16 bits per heavy atom. The predicted molar refractivity (Wildman–Crippen MR) is 142 cm³/mol. The van der Waals surface area contributed by atoms with Crippen molar-refractivity contribution in [2.24, 2.45) is 0 Å². The third kappa shape index (κ3) is 7.42. The molecule has 194 valence electrons. The smallest absolute Gasteiger partial charge is 0.272 e. The van der Waals surface area contributed by atoms with E-state index in [0.29, 0.717) is 22.7 Å². The standard InChI is InChI=1S/C24H25Cl2N7O3S/c1-13(30-22(36)19-18(25)15(28-12-29-19)8-6-5-7-9-34)23-27-11-16(37-23)21(35)31-17-10-14(24(2,3)4)20(26)33-32-17/h10-13,34H,5,7,9H2,1-4H3,(H,30,36)(H,31,32,35). The van der Waals surface area contributed by atoms with Gasteiger partial charge in [-0.1, -0.05) is 49.9 Å². The van der Waals surface area contributed by atoms with Crippen LogP contribution in [0.15, 0.2) is 18.6 Å². The number of aliphatic hydroxyl groups is 1. The van der Waals surface area contributed by atoms with Gasteiger partial charge in [0.1, 0.15) is 26.9 Å². The molecule has 0 aliphatic rings. The van der Waals surface area contributed by atoms with Gasteiger partial charge in [0, 0.05) is 18.6 Å². The molecule has 0 radical (unpaired) electrons. The highest BCUT2D eigenvalue weighted by atomic mass is 35.5. The second-order valence-corrected chi connectivity index (χ2v) is 10.7. The van der Waals surface area contributed by atoms with Crippen molar-refractivity contribution < 1.29 is 14.7 Å². The van der Waals surface area contributed by atoms with Crippen LogP contribution in [0, 0.1) is 11.8 Å². The number of aliphatic hydroxyl groups excluding tert-OH is 1. The molecule has 13 heteroatoms. The van der Waals surface area contributed by atoms with Gasteiger partial charge in [0.2, 0.25) is 0 Å². The zero-order valence-corrected chi connectivity index (χ0v) is 22.9. The number of carbonyl (C=O) groups excluding carboxylic acids is 2. The molecule has 0 fully saturated rings. The summed E-state index contributed by atoms with van der Waals surface area (Å²) >= 11 is 13.6. The lowest BCUT2D eigenvalue weighted by molar-refractivity contribution is 0.0934. The summed E-state index contributed by atoms with van der Waals surface area (Å²) < 4.78 is 0. The molecule has 2 amide bonds. The van der Waals surface area contributed by atoms with Crippen molar-refractivity contribution in [3.8, 4) is 11.8 Å². The van der Waals surface area contributed by atoms with Crippen LogP contribution < -0.4 is 10.6 Å². The van der Waals surface area contributed by atoms with E-state index in [4.69, 9.17) is 28.3 Å². The Kier molecular flexibility index (Phi) is 9.50. The van der Waals surface area contributed by atoms with E-state index in [0.717, 1.165) is 16.9 Å². The number of rotatable bonds is 7. The molecule has 0 bridgehead atoms. The number of hydrogen-bond donors (Lipinski definition) is 3. The Hall–Kier alpha value is -3.17. The van der Waals surface area contributed by atoms with Gasteiger partial charge in [-0.15, -0.1) is 21.5 Å². The number of amides is 2. The molecule has 0 aliphatic carbocycles. The van der Waals surface area contributed by atoms with Gasteiger partial charge in [0.15, 0.2) is 16.7 Å². The van der Waals surface area contributed by atoms with Crippen LogP contribution >= 0.6 is 34.5 Å². The zero-order valence-electron chi connectivity index (χ0n) is 20.6. The summed E-state index contributed by atoms with van der Waals surface area (Å²) in [6, 6.07) is 1.15. The number of aromatic nitrogens is 5.